The zero-order valence-electron chi connectivity index (χ0n) is 13.6. The van der Waals surface area contributed by atoms with Crippen LogP contribution in [0.15, 0.2) is 47.3 Å². The highest BCUT2D eigenvalue weighted by atomic mass is 16.3. The molecule has 0 atom stereocenters. The van der Waals surface area contributed by atoms with Crippen LogP contribution in [-0.4, -0.2) is 52.8 Å². The van der Waals surface area contributed by atoms with Crippen molar-refractivity contribution in [2.45, 2.75) is 19.3 Å². The Bertz CT molecular complexity index is 670. The van der Waals surface area contributed by atoms with Crippen molar-refractivity contribution in [2.24, 2.45) is 0 Å². The number of amides is 2. The monoisotopic (exact) mass is 327 g/mol. The molecule has 3 rings (SSSR count). The molecule has 2 amide bonds. The third kappa shape index (κ3) is 4.01. The van der Waals surface area contributed by atoms with Gasteiger partial charge in [0.05, 0.1) is 6.26 Å². The Morgan fingerprint density at radius 2 is 1.79 bits per heavy atom. The maximum Gasteiger partial charge on any atom is 0.289 e. The lowest BCUT2D eigenvalue weighted by atomic mass is 10.1. The molecule has 0 bridgehead atoms. The standard InChI is InChI=1S/C18H21N3O3/c22-17(5-4-15-6-8-19-9-7-15)20-10-2-11-21(13-12-20)18(23)16-3-1-14-24-16/h1,3,6-9,14H,2,4-5,10-13H2. The summed E-state index contributed by atoms with van der Waals surface area (Å²) in [6.07, 6.45) is 6.96. The van der Waals surface area contributed by atoms with Gasteiger partial charge >= 0.3 is 0 Å². The van der Waals surface area contributed by atoms with E-state index in [1.807, 2.05) is 17.0 Å². The van der Waals surface area contributed by atoms with Gasteiger partial charge in [0.1, 0.15) is 0 Å². The van der Waals surface area contributed by atoms with Crippen LogP contribution >= 0.6 is 0 Å². The predicted octanol–water partition coefficient (Wildman–Crippen LogP) is 1.98. The van der Waals surface area contributed by atoms with Gasteiger partial charge in [-0.05, 0) is 42.7 Å². The van der Waals surface area contributed by atoms with Crippen molar-refractivity contribution in [3.63, 3.8) is 0 Å². The van der Waals surface area contributed by atoms with Crippen LogP contribution in [0.5, 0.6) is 0 Å². The average molecular weight is 327 g/mol. The molecule has 2 aromatic rings. The lowest BCUT2D eigenvalue weighted by Crippen LogP contribution is -2.37. The molecular formula is C18H21N3O3. The first-order valence-corrected chi connectivity index (χ1v) is 8.23. The fourth-order valence-corrected chi connectivity index (χ4v) is 2.88. The van der Waals surface area contributed by atoms with E-state index in [2.05, 4.69) is 4.98 Å². The summed E-state index contributed by atoms with van der Waals surface area (Å²) < 4.78 is 5.17. The molecule has 126 valence electrons. The molecule has 0 spiro atoms. The van der Waals surface area contributed by atoms with Gasteiger partial charge in [0.15, 0.2) is 5.76 Å². The molecule has 0 radical (unpaired) electrons. The van der Waals surface area contributed by atoms with E-state index in [1.165, 1.54) is 6.26 Å². The van der Waals surface area contributed by atoms with E-state index in [0.29, 0.717) is 44.8 Å². The summed E-state index contributed by atoms with van der Waals surface area (Å²) >= 11 is 0. The Morgan fingerprint density at radius 3 is 2.54 bits per heavy atom. The first-order chi connectivity index (χ1) is 11.7. The number of aryl methyl sites for hydroxylation is 1. The Labute approximate surface area is 141 Å². The van der Waals surface area contributed by atoms with E-state index in [9.17, 15) is 9.59 Å². The van der Waals surface area contributed by atoms with Crippen LogP contribution in [0.3, 0.4) is 0 Å². The Kier molecular flexibility index (Phi) is 5.25. The zero-order valence-corrected chi connectivity index (χ0v) is 13.6. The van der Waals surface area contributed by atoms with Crippen LogP contribution in [0.4, 0.5) is 0 Å². The van der Waals surface area contributed by atoms with Crippen molar-refractivity contribution in [1.29, 1.82) is 0 Å². The number of carbonyl (C=O) groups is 2. The smallest absolute Gasteiger partial charge is 0.289 e. The summed E-state index contributed by atoms with van der Waals surface area (Å²) in [5.74, 6) is 0.387. The quantitative estimate of drug-likeness (QED) is 0.861. The van der Waals surface area contributed by atoms with Crippen molar-refractivity contribution in [2.75, 3.05) is 26.2 Å². The minimum absolute atomic E-state index is 0.105. The van der Waals surface area contributed by atoms with Crippen LogP contribution in [0.1, 0.15) is 29.0 Å². The lowest BCUT2D eigenvalue weighted by molar-refractivity contribution is -0.131. The molecule has 0 aromatic carbocycles. The average Bonchev–Trinajstić information content (AvgIpc) is 3.04. The summed E-state index contributed by atoms with van der Waals surface area (Å²) in [6, 6.07) is 7.24. The van der Waals surface area contributed by atoms with Crippen molar-refractivity contribution in [1.82, 2.24) is 14.8 Å². The molecular weight excluding hydrogens is 306 g/mol. The largest absolute Gasteiger partial charge is 0.459 e. The van der Waals surface area contributed by atoms with Crippen molar-refractivity contribution in [3.05, 3.63) is 54.2 Å². The number of hydrogen-bond acceptors (Lipinski definition) is 4. The predicted molar refractivity (Wildman–Crippen MR) is 88.4 cm³/mol. The fourth-order valence-electron chi connectivity index (χ4n) is 2.88. The Morgan fingerprint density at radius 1 is 1.04 bits per heavy atom. The maximum absolute atomic E-state index is 12.4. The fraction of sp³-hybridized carbons (Fsp3) is 0.389. The lowest BCUT2D eigenvalue weighted by Gasteiger charge is -2.21. The second-order valence-corrected chi connectivity index (χ2v) is 5.86. The molecule has 3 heterocycles. The summed E-state index contributed by atoms with van der Waals surface area (Å²) in [5.41, 5.74) is 1.11. The van der Waals surface area contributed by atoms with Crippen LogP contribution in [0.25, 0.3) is 0 Å². The Hall–Kier alpha value is -2.63. The van der Waals surface area contributed by atoms with Crippen molar-refractivity contribution < 1.29 is 14.0 Å². The second kappa shape index (κ2) is 7.77. The molecule has 1 aliphatic rings. The molecule has 2 aromatic heterocycles. The SMILES string of the molecule is O=C(CCc1ccncc1)N1CCCN(C(=O)c2ccco2)CC1. The topological polar surface area (TPSA) is 66.7 Å². The number of carbonyl (C=O) groups excluding carboxylic acids is 2. The molecule has 24 heavy (non-hydrogen) atoms. The van der Waals surface area contributed by atoms with Crippen LogP contribution in [0, 0.1) is 0 Å². The van der Waals surface area contributed by atoms with Crippen LogP contribution < -0.4 is 0 Å². The number of aromatic nitrogens is 1. The van der Waals surface area contributed by atoms with Crippen molar-refractivity contribution in [3.8, 4) is 0 Å². The highest BCUT2D eigenvalue weighted by Gasteiger charge is 2.23. The van der Waals surface area contributed by atoms with Crippen molar-refractivity contribution >= 4 is 11.8 Å². The van der Waals surface area contributed by atoms with Gasteiger partial charge in [0.25, 0.3) is 5.91 Å². The summed E-state index contributed by atoms with van der Waals surface area (Å²) in [6.45, 7) is 2.45. The number of rotatable bonds is 4. The molecule has 0 N–H and O–H groups in total. The van der Waals surface area contributed by atoms with E-state index in [1.54, 1.807) is 29.4 Å². The minimum Gasteiger partial charge on any atom is -0.459 e. The van der Waals surface area contributed by atoms with Gasteiger partial charge in [-0.2, -0.15) is 0 Å². The van der Waals surface area contributed by atoms with E-state index in [4.69, 9.17) is 4.42 Å². The first-order valence-electron chi connectivity index (χ1n) is 8.23. The normalized spacial score (nSPS) is 15.2. The Balaban J connectivity index is 1.51. The molecule has 0 unspecified atom stereocenters. The summed E-state index contributed by atoms with van der Waals surface area (Å²) in [7, 11) is 0. The molecule has 1 aliphatic heterocycles. The van der Waals surface area contributed by atoms with E-state index < -0.39 is 0 Å². The molecule has 1 saturated heterocycles. The maximum atomic E-state index is 12.4. The number of nitrogens with zero attached hydrogens (tertiary/aromatic N) is 3. The van der Waals surface area contributed by atoms with Gasteiger partial charge in [-0.25, -0.2) is 0 Å². The molecule has 6 heteroatoms. The van der Waals surface area contributed by atoms with Gasteiger partial charge in [0.2, 0.25) is 5.91 Å². The number of hydrogen-bond donors (Lipinski definition) is 0. The summed E-state index contributed by atoms with van der Waals surface area (Å²) in [5, 5.41) is 0. The zero-order chi connectivity index (χ0) is 16.8. The number of pyridine rings is 1. The van der Waals surface area contributed by atoms with E-state index in [0.717, 1.165) is 12.0 Å². The third-order valence-electron chi connectivity index (χ3n) is 4.24. The van der Waals surface area contributed by atoms with Gasteiger partial charge in [-0.1, -0.05) is 0 Å². The number of furan rings is 1. The molecule has 0 saturated carbocycles. The van der Waals surface area contributed by atoms with Gasteiger partial charge in [0, 0.05) is 45.0 Å². The van der Waals surface area contributed by atoms with Crippen LogP contribution in [0.2, 0.25) is 0 Å². The molecule has 1 fully saturated rings. The van der Waals surface area contributed by atoms with Crippen LogP contribution in [-0.2, 0) is 11.2 Å². The van der Waals surface area contributed by atoms with E-state index >= 15 is 0 Å². The summed E-state index contributed by atoms with van der Waals surface area (Å²) in [4.78, 5) is 32.3. The van der Waals surface area contributed by atoms with Gasteiger partial charge in [-0.15, -0.1) is 0 Å². The molecule has 0 aliphatic carbocycles. The molecule has 6 nitrogen and oxygen atoms in total. The van der Waals surface area contributed by atoms with Gasteiger partial charge < -0.3 is 14.2 Å². The third-order valence-corrected chi connectivity index (χ3v) is 4.24. The second-order valence-electron chi connectivity index (χ2n) is 5.86. The highest BCUT2D eigenvalue weighted by Crippen LogP contribution is 2.11. The highest BCUT2D eigenvalue weighted by molar-refractivity contribution is 5.91. The van der Waals surface area contributed by atoms with E-state index in [-0.39, 0.29) is 11.8 Å². The minimum atomic E-state index is -0.105. The van der Waals surface area contributed by atoms with Gasteiger partial charge in [-0.3, -0.25) is 14.6 Å². The first kappa shape index (κ1) is 16.2.